The van der Waals surface area contributed by atoms with E-state index in [1.165, 1.54) is 0 Å². The molecule has 1 aromatic carbocycles. The van der Waals surface area contributed by atoms with Gasteiger partial charge in [-0.2, -0.15) is 0 Å². The van der Waals surface area contributed by atoms with Crippen LogP contribution in [0.2, 0.25) is 0 Å². The van der Waals surface area contributed by atoms with Crippen molar-refractivity contribution in [1.82, 2.24) is 0 Å². The lowest BCUT2D eigenvalue weighted by atomic mass is 10.1. The molecule has 1 unspecified atom stereocenters. The fraction of sp³-hybridized carbons (Fsp3) is 0.417. The SMILES string of the molecule is CC(C)CC(N)C(=O)O.c1ccccc1. The van der Waals surface area contributed by atoms with Crippen LogP contribution in [-0.2, 0) is 4.79 Å². The fourth-order valence-corrected chi connectivity index (χ4v) is 0.994. The molecule has 0 aliphatic rings. The molecule has 1 aromatic rings. The van der Waals surface area contributed by atoms with E-state index < -0.39 is 12.0 Å². The van der Waals surface area contributed by atoms with Gasteiger partial charge in [0, 0.05) is 0 Å². The number of hydrogen-bond acceptors (Lipinski definition) is 2. The summed E-state index contributed by atoms with van der Waals surface area (Å²) in [6.45, 7) is 3.89. The van der Waals surface area contributed by atoms with Gasteiger partial charge in [-0.3, -0.25) is 4.79 Å². The summed E-state index contributed by atoms with van der Waals surface area (Å²) in [4.78, 5) is 10.1. The van der Waals surface area contributed by atoms with E-state index in [0.717, 1.165) is 0 Å². The molecule has 0 radical (unpaired) electrons. The molecule has 1 atom stereocenters. The van der Waals surface area contributed by atoms with Gasteiger partial charge in [0.15, 0.2) is 0 Å². The van der Waals surface area contributed by atoms with Crippen LogP contribution in [0.5, 0.6) is 0 Å². The maximum absolute atomic E-state index is 10.1. The number of aliphatic carboxylic acids is 1. The monoisotopic (exact) mass is 209 g/mol. The molecule has 0 bridgehead atoms. The zero-order valence-corrected chi connectivity index (χ0v) is 9.26. The minimum atomic E-state index is -0.913. The maximum Gasteiger partial charge on any atom is 0.320 e. The summed E-state index contributed by atoms with van der Waals surface area (Å²) >= 11 is 0. The van der Waals surface area contributed by atoms with Crippen molar-refractivity contribution in [2.75, 3.05) is 0 Å². The molecule has 0 aromatic heterocycles. The van der Waals surface area contributed by atoms with Crippen LogP contribution in [0.3, 0.4) is 0 Å². The zero-order chi connectivity index (χ0) is 11.7. The number of hydrogen-bond donors (Lipinski definition) is 2. The minimum absolute atomic E-state index is 0.357. The Morgan fingerprint density at radius 2 is 1.47 bits per heavy atom. The molecular formula is C12H19NO2. The predicted octanol–water partition coefficient (Wildman–Crippen LogP) is 2.13. The van der Waals surface area contributed by atoms with E-state index >= 15 is 0 Å². The lowest BCUT2D eigenvalue weighted by Crippen LogP contribution is -2.31. The van der Waals surface area contributed by atoms with Gasteiger partial charge in [-0.05, 0) is 12.3 Å². The zero-order valence-electron chi connectivity index (χ0n) is 9.26. The highest BCUT2D eigenvalue weighted by atomic mass is 16.4. The molecule has 3 nitrogen and oxygen atoms in total. The van der Waals surface area contributed by atoms with Crippen LogP contribution in [0.4, 0.5) is 0 Å². The molecule has 0 saturated carbocycles. The lowest BCUT2D eigenvalue weighted by Gasteiger charge is -2.07. The minimum Gasteiger partial charge on any atom is -0.480 e. The number of nitrogens with two attached hydrogens (primary N) is 1. The Labute approximate surface area is 90.9 Å². The first-order valence-corrected chi connectivity index (χ1v) is 5.02. The highest BCUT2D eigenvalue weighted by Gasteiger charge is 2.11. The largest absolute Gasteiger partial charge is 0.480 e. The smallest absolute Gasteiger partial charge is 0.320 e. The Balaban J connectivity index is 0.000000280. The molecule has 0 spiro atoms. The summed E-state index contributed by atoms with van der Waals surface area (Å²) in [6, 6.07) is 11.3. The number of carboxylic acids is 1. The highest BCUT2D eigenvalue weighted by molar-refractivity contribution is 5.72. The van der Waals surface area contributed by atoms with E-state index in [0.29, 0.717) is 12.3 Å². The quantitative estimate of drug-likeness (QED) is 0.801. The molecule has 0 heterocycles. The first-order valence-electron chi connectivity index (χ1n) is 5.02. The molecule has 0 aliphatic heterocycles. The van der Waals surface area contributed by atoms with E-state index in [2.05, 4.69) is 0 Å². The van der Waals surface area contributed by atoms with Gasteiger partial charge < -0.3 is 10.8 Å². The van der Waals surface area contributed by atoms with Crippen molar-refractivity contribution in [3.8, 4) is 0 Å². The van der Waals surface area contributed by atoms with Gasteiger partial charge in [-0.25, -0.2) is 0 Å². The lowest BCUT2D eigenvalue weighted by molar-refractivity contribution is -0.138. The van der Waals surface area contributed by atoms with Crippen LogP contribution in [0.25, 0.3) is 0 Å². The van der Waals surface area contributed by atoms with Gasteiger partial charge in [0.2, 0.25) is 0 Å². The van der Waals surface area contributed by atoms with E-state index in [4.69, 9.17) is 10.8 Å². The number of carbonyl (C=O) groups is 1. The average molecular weight is 209 g/mol. The predicted molar refractivity (Wildman–Crippen MR) is 61.5 cm³/mol. The van der Waals surface area contributed by atoms with Gasteiger partial charge in [0.05, 0.1) is 0 Å². The number of carboxylic acid groups (broad SMARTS) is 1. The number of benzene rings is 1. The van der Waals surface area contributed by atoms with Crippen molar-refractivity contribution >= 4 is 5.97 Å². The van der Waals surface area contributed by atoms with Crippen LogP contribution in [-0.4, -0.2) is 17.1 Å². The third-order valence-corrected chi connectivity index (χ3v) is 1.71. The third kappa shape index (κ3) is 8.97. The van der Waals surface area contributed by atoms with Crippen molar-refractivity contribution in [1.29, 1.82) is 0 Å². The van der Waals surface area contributed by atoms with Crippen molar-refractivity contribution in [2.45, 2.75) is 26.3 Å². The molecule has 0 saturated heterocycles. The van der Waals surface area contributed by atoms with Gasteiger partial charge in [-0.1, -0.05) is 50.2 Å². The standard InChI is InChI=1S/C6H13NO2.C6H6/c1-4(2)3-5(7)6(8)9;1-2-4-6-5-3-1/h4-5H,3,7H2,1-2H3,(H,8,9);1-6H. The average Bonchev–Trinajstić information content (AvgIpc) is 2.20. The van der Waals surface area contributed by atoms with Gasteiger partial charge >= 0.3 is 5.97 Å². The topological polar surface area (TPSA) is 63.3 Å². The molecule has 0 aliphatic carbocycles. The van der Waals surface area contributed by atoms with Crippen LogP contribution in [0.15, 0.2) is 36.4 Å². The van der Waals surface area contributed by atoms with Gasteiger partial charge in [0.25, 0.3) is 0 Å². The molecule has 3 heteroatoms. The Morgan fingerprint density at radius 3 is 1.60 bits per heavy atom. The van der Waals surface area contributed by atoms with Gasteiger partial charge in [0.1, 0.15) is 6.04 Å². The molecule has 15 heavy (non-hydrogen) atoms. The Kier molecular flexibility index (Phi) is 7.28. The summed E-state index contributed by atoms with van der Waals surface area (Å²) in [5, 5.41) is 8.31. The Bertz CT molecular complexity index is 233. The van der Waals surface area contributed by atoms with Crippen LogP contribution < -0.4 is 5.73 Å². The molecule has 84 valence electrons. The maximum atomic E-state index is 10.1. The summed E-state index contributed by atoms with van der Waals surface area (Å²) < 4.78 is 0. The fourth-order valence-electron chi connectivity index (χ4n) is 0.994. The van der Waals surface area contributed by atoms with Gasteiger partial charge in [-0.15, -0.1) is 0 Å². The van der Waals surface area contributed by atoms with E-state index in [-0.39, 0.29) is 0 Å². The second-order valence-electron chi connectivity index (χ2n) is 3.73. The Hall–Kier alpha value is -1.35. The summed E-state index contributed by atoms with van der Waals surface area (Å²) in [7, 11) is 0. The summed E-state index contributed by atoms with van der Waals surface area (Å²) in [5.41, 5.74) is 5.22. The normalized spacial score (nSPS) is 11.5. The molecule has 1 rings (SSSR count). The number of rotatable bonds is 3. The first kappa shape index (κ1) is 13.7. The molecule has 0 amide bonds. The van der Waals surface area contributed by atoms with Crippen molar-refractivity contribution in [2.24, 2.45) is 11.7 Å². The molecule has 0 fully saturated rings. The summed E-state index contributed by atoms with van der Waals surface area (Å²) in [5.74, 6) is -0.556. The van der Waals surface area contributed by atoms with Crippen molar-refractivity contribution < 1.29 is 9.90 Å². The summed E-state index contributed by atoms with van der Waals surface area (Å²) in [6.07, 6.45) is 0.551. The molecular weight excluding hydrogens is 190 g/mol. The van der Waals surface area contributed by atoms with Crippen molar-refractivity contribution in [3.63, 3.8) is 0 Å². The van der Waals surface area contributed by atoms with Crippen LogP contribution in [0.1, 0.15) is 20.3 Å². The highest BCUT2D eigenvalue weighted by Crippen LogP contribution is 2.01. The molecule has 3 N–H and O–H groups in total. The van der Waals surface area contributed by atoms with E-state index in [1.54, 1.807) is 0 Å². The Morgan fingerprint density at radius 1 is 1.13 bits per heavy atom. The van der Waals surface area contributed by atoms with Crippen LogP contribution in [0, 0.1) is 5.92 Å². The van der Waals surface area contributed by atoms with Crippen LogP contribution >= 0.6 is 0 Å². The second kappa shape index (κ2) is 8.00. The second-order valence-corrected chi connectivity index (χ2v) is 3.73. The first-order chi connectivity index (χ1) is 7.04. The van der Waals surface area contributed by atoms with E-state index in [9.17, 15) is 4.79 Å². The third-order valence-electron chi connectivity index (χ3n) is 1.71. The van der Waals surface area contributed by atoms with Crippen molar-refractivity contribution in [3.05, 3.63) is 36.4 Å². The van der Waals surface area contributed by atoms with E-state index in [1.807, 2.05) is 50.2 Å².